The van der Waals surface area contributed by atoms with E-state index in [4.69, 9.17) is 5.14 Å². The predicted molar refractivity (Wildman–Crippen MR) is 54.3 cm³/mol. The average molecular weight is 231 g/mol. The Kier molecular flexibility index (Phi) is 3.38. The first kappa shape index (κ1) is 12.0. The quantitative estimate of drug-likeness (QED) is 0.729. The third-order valence-electron chi connectivity index (χ3n) is 2.03. The van der Waals surface area contributed by atoms with Crippen molar-refractivity contribution in [3.8, 4) is 0 Å². The number of aliphatic hydroxyl groups is 1. The minimum atomic E-state index is -3.79. The van der Waals surface area contributed by atoms with Crippen LogP contribution in [0.5, 0.6) is 0 Å². The van der Waals surface area contributed by atoms with Crippen LogP contribution in [0.3, 0.4) is 0 Å². The molecule has 0 fully saturated rings. The van der Waals surface area contributed by atoms with Crippen LogP contribution in [0.15, 0.2) is 12.4 Å². The molecule has 1 rings (SSSR count). The van der Waals surface area contributed by atoms with E-state index in [0.29, 0.717) is 0 Å². The van der Waals surface area contributed by atoms with Gasteiger partial charge in [0.25, 0.3) is 0 Å². The molecule has 2 atom stereocenters. The van der Waals surface area contributed by atoms with Gasteiger partial charge in [-0.05, 0) is 19.4 Å². The van der Waals surface area contributed by atoms with Crippen LogP contribution in [0.1, 0.15) is 24.4 Å². The molecule has 0 aliphatic heterocycles. The first-order chi connectivity index (χ1) is 6.82. The molecule has 15 heavy (non-hydrogen) atoms. The van der Waals surface area contributed by atoms with E-state index in [9.17, 15) is 13.5 Å². The number of nitrogens with zero attached hydrogens (tertiary/aromatic N) is 2. The maximum Gasteiger partial charge on any atom is 0.214 e. The molecule has 0 radical (unpaired) electrons. The Balaban J connectivity index is 2.95. The summed E-state index contributed by atoms with van der Waals surface area (Å²) in [5.41, 5.74) is 0.828. The maximum atomic E-state index is 11.0. The van der Waals surface area contributed by atoms with Gasteiger partial charge in [-0.2, -0.15) is 0 Å². The van der Waals surface area contributed by atoms with Crippen molar-refractivity contribution in [3.05, 3.63) is 23.8 Å². The number of hydrogen-bond acceptors (Lipinski definition) is 5. The number of aryl methyl sites for hydroxylation is 1. The third kappa shape index (κ3) is 2.95. The highest BCUT2D eigenvalue weighted by Gasteiger charge is 2.27. The summed E-state index contributed by atoms with van der Waals surface area (Å²) in [5, 5.41) is 13.4. The molecule has 1 aromatic rings. The summed E-state index contributed by atoms with van der Waals surface area (Å²) >= 11 is 0. The van der Waals surface area contributed by atoms with Gasteiger partial charge in [-0.1, -0.05) is 0 Å². The van der Waals surface area contributed by atoms with E-state index in [-0.39, 0.29) is 5.82 Å². The SMILES string of the molecule is Cc1cnc([C@H](O)C(C)S(N)(=O)=O)nc1. The standard InChI is InChI=1S/C8H13N3O3S/c1-5-3-10-8(11-4-5)7(12)6(2)15(9,13)14/h3-4,6-7,12H,1-2H3,(H2,9,13,14)/t6?,7-/m1/s1. The monoisotopic (exact) mass is 231 g/mol. The molecule has 6 nitrogen and oxygen atoms in total. The average Bonchev–Trinajstić information content (AvgIpc) is 2.15. The van der Waals surface area contributed by atoms with Crippen molar-refractivity contribution in [3.63, 3.8) is 0 Å². The lowest BCUT2D eigenvalue weighted by molar-refractivity contribution is 0.166. The van der Waals surface area contributed by atoms with E-state index in [0.717, 1.165) is 5.56 Å². The topological polar surface area (TPSA) is 106 Å². The molecule has 3 N–H and O–H groups in total. The minimum absolute atomic E-state index is 0.0575. The van der Waals surface area contributed by atoms with E-state index in [2.05, 4.69) is 9.97 Å². The Morgan fingerprint density at radius 2 is 1.87 bits per heavy atom. The van der Waals surface area contributed by atoms with Gasteiger partial charge < -0.3 is 5.11 Å². The molecule has 0 aliphatic carbocycles. The van der Waals surface area contributed by atoms with Gasteiger partial charge in [0.2, 0.25) is 10.0 Å². The molecule has 1 heterocycles. The lowest BCUT2D eigenvalue weighted by Crippen LogP contribution is -2.32. The molecule has 1 unspecified atom stereocenters. The zero-order valence-corrected chi connectivity index (χ0v) is 9.27. The van der Waals surface area contributed by atoms with E-state index in [1.54, 1.807) is 6.92 Å². The summed E-state index contributed by atoms with van der Waals surface area (Å²) in [5.74, 6) is 0.0575. The fraction of sp³-hybridized carbons (Fsp3) is 0.500. The van der Waals surface area contributed by atoms with Crippen LogP contribution < -0.4 is 5.14 Å². The minimum Gasteiger partial charge on any atom is -0.384 e. The highest BCUT2D eigenvalue weighted by atomic mass is 32.2. The van der Waals surface area contributed by atoms with Crippen molar-refractivity contribution in [1.82, 2.24) is 9.97 Å². The highest BCUT2D eigenvalue weighted by molar-refractivity contribution is 7.89. The van der Waals surface area contributed by atoms with Crippen LogP contribution in [0, 0.1) is 6.92 Å². The van der Waals surface area contributed by atoms with Gasteiger partial charge in [0.1, 0.15) is 11.4 Å². The summed E-state index contributed by atoms with van der Waals surface area (Å²) in [7, 11) is -3.79. The van der Waals surface area contributed by atoms with E-state index in [1.165, 1.54) is 19.3 Å². The lowest BCUT2D eigenvalue weighted by atomic mass is 10.2. The zero-order chi connectivity index (χ0) is 11.6. The molecule has 0 amide bonds. The van der Waals surface area contributed by atoms with Crippen molar-refractivity contribution in [2.24, 2.45) is 5.14 Å². The van der Waals surface area contributed by atoms with Crippen LogP contribution in [-0.4, -0.2) is 28.7 Å². The predicted octanol–water partition coefficient (Wildman–Crippen LogP) is -0.505. The number of rotatable bonds is 3. The molecule has 0 aliphatic rings. The molecule has 0 aromatic carbocycles. The molecule has 7 heteroatoms. The second-order valence-electron chi connectivity index (χ2n) is 3.36. The van der Waals surface area contributed by atoms with Gasteiger partial charge in [-0.15, -0.1) is 0 Å². The second-order valence-corrected chi connectivity index (χ2v) is 5.28. The smallest absolute Gasteiger partial charge is 0.214 e. The summed E-state index contributed by atoms with van der Waals surface area (Å²) in [4.78, 5) is 7.66. The Labute approximate surface area is 88.2 Å². The number of primary sulfonamides is 1. The Bertz CT molecular complexity index is 429. The van der Waals surface area contributed by atoms with E-state index < -0.39 is 21.4 Å². The molecule has 0 bridgehead atoms. The highest BCUT2D eigenvalue weighted by Crippen LogP contribution is 2.16. The Hall–Kier alpha value is -1.05. The van der Waals surface area contributed by atoms with Crippen molar-refractivity contribution in [1.29, 1.82) is 0 Å². The number of aliphatic hydroxyl groups excluding tert-OH is 1. The van der Waals surface area contributed by atoms with E-state index >= 15 is 0 Å². The van der Waals surface area contributed by atoms with Gasteiger partial charge in [0, 0.05) is 12.4 Å². The molecular weight excluding hydrogens is 218 g/mol. The van der Waals surface area contributed by atoms with Crippen LogP contribution in [-0.2, 0) is 10.0 Å². The van der Waals surface area contributed by atoms with Gasteiger partial charge in [0.05, 0.1) is 0 Å². The van der Waals surface area contributed by atoms with Gasteiger partial charge in [0.15, 0.2) is 5.82 Å². The van der Waals surface area contributed by atoms with Gasteiger partial charge in [-0.25, -0.2) is 23.5 Å². The fourth-order valence-electron chi connectivity index (χ4n) is 0.945. The number of aromatic nitrogens is 2. The second kappa shape index (κ2) is 4.21. The first-order valence-electron chi connectivity index (χ1n) is 4.30. The lowest BCUT2D eigenvalue weighted by Gasteiger charge is -2.15. The molecule has 84 valence electrons. The van der Waals surface area contributed by atoms with Crippen molar-refractivity contribution < 1.29 is 13.5 Å². The summed E-state index contributed by atoms with van der Waals surface area (Å²) in [6.45, 7) is 3.10. The van der Waals surface area contributed by atoms with Gasteiger partial charge >= 0.3 is 0 Å². The largest absolute Gasteiger partial charge is 0.384 e. The van der Waals surface area contributed by atoms with Gasteiger partial charge in [-0.3, -0.25) is 0 Å². The molecule has 0 spiro atoms. The van der Waals surface area contributed by atoms with Crippen molar-refractivity contribution in [2.45, 2.75) is 25.2 Å². The van der Waals surface area contributed by atoms with E-state index in [1.807, 2.05) is 0 Å². The molecule has 0 saturated heterocycles. The third-order valence-corrected chi connectivity index (χ3v) is 3.32. The Morgan fingerprint density at radius 1 is 1.40 bits per heavy atom. The van der Waals surface area contributed by atoms with Crippen LogP contribution >= 0.6 is 0 Å². The molecular formula is C8H13N3O3S. The number of sulfonamides is 1. The summed E-state index contributed by atoms with van der Waals surface area (Å²) in [6, 6.07) is 0. The number of hydrogen-bond donors (Lipinski definition) is 2. The van der Waals surface area contributed by atoms with Crippen molar-refractivity contribution >= 4 is 10.0 Å². The maximum absolute atomic E-state index is 11.0. The zero-order valence-electron chi connectivity index (χ0n) is 8.45. The van der Waals surface area contributed by atoms with Crippen LogP contribution in [0.4, 0.5) is 0 Å². The van der Waals surface area contributed by atoms with Crippen molar-refractivity contribution in [2.75, 3.05) is 0 Å². The number of nitrogens with two attached hydrogens (primary N) is 1. The molecule has 0 saturated carbocycles. The van der Waals surface area contributed by atoms with Crippen LogP contribution in [0.25, 0.3) is 0 Å². The fourth-order valence-corrected chi connectivity index (χ4v) is 1.43. The van der Waals surface area contributed by atoms with Crippen LogP contribution in [0.2, 0.25) is 0 Å². The summed E-state index contributed by atoms with van der Waals surface area (Å²) < 4.78 is 22.0. The summed E-state index contributed by atoms with van der Waals surface area (Å²) in [6.07, 6.45) is 1.70. The first-order valence-corrected chi connectivity index (χ1v) is 5.91. The normalized spacial score (nSPS) is 16.0. The Morgan fingerprint density at radius 3 is 2.27 bits per heavy atom. The molecule has 1 aromatic heterocycles.